The molecule has 0 bridgehead atoms. The summed E-state index contributed by atoms with van der Waals surface area (Å²) in [4.78, 5) is 11.7. The maximum Gasteiger partial charge on any atom is 0.228 e. The highest BCUT2D eigenvalue weighted by Crippen LogP contribution is 2.27. The molecular formula is C20H27N5O2. The van der Waals surface area contributed by atoms with Gasteiger partial charge in [0.05, 0.1) is 18.9 Å². The van der Waals surface area contributed by atoms with Gasteiger partial charge < -0.3 is 25.8 Å². The molecule has 27 heavy (non-hydrogen) atoms. The molecule has 4 rings (SSSR count). The predicted octanol–water partition coefficient (Wildman–Crippen LogP) is 2.37. The molecule has 0 radical (unpaired) electrons. The van der Waals surface area contributed by atoms with Gasteiger partial charge in [-0.3, -0.25) is 0 Å². The first-order chi connectivity index (χ1) is 13.2. The minimum Gasteiger partial charge on any atom is -0.508 e. The van der Waals surface area contributed by atoms with Crippen LogP contribution in [0.1, 0.15) is 25.7 Å². The zero-order valence-corrected chi connectivity index (χ0v) is 15.5. The first-order valence-corrected chi connectivity index (χ1v) is 9.71. The summed E-state index contributed by atoms with van der Waals surface area (Å²) >= 11 is 0. The Morgan fingerprint density at radius 3 is 2.78 bits per heavy atom. The van der Waals surface area contributed by atoms with Crippen molar-refractivity contribution in [2.24, 2.45) is 5.73 Å². The topological polar surface area (TPSA) is 96.5 Å². The van der Waals surface area contributed by atoms with E-state index in [0.29, 0.717) is 25.2 Å². The van der Waals surface area contributed by atoms with Gasteiger partial charge in [-0.05, 0) is 37.8 Å². The zero-order chi connectivity index (χ0) is 18.6. The highest BCUT2D eigenvalue weighted by atomic mass is 16.5. The lowest BCUT2D eigenvalue weighted by molar-refractivity contribution is 0.122. The third-order valence-corrected chi connectivity index (χ3v) is 5.22. The molecule has 1 aromatic heterocycles. The number of nitrogens with two attached hydrogens (primary N) is 1. The smallest absolute Gasteiger partial charge is 0.228 e. The number of phenolic OH excluding ortho intramolecular Hbond substituents is 1. The lowest BCUT2D eigenvalue weighted by Crippen LogP contribution is -2.38. The van der Waals surface area contributed by atoms with Crippen LogP contribution in [0.5, 0.6) is 5.75 Å². The Hall–Kier alpha value is -2.38. The van der Waals surface area contributed by atoms with Crippen molar-refractivity contribution >= 4 is 11.8 Å². The third kappa shape index (κ3) is 4.48. The van der Waals surface area contributed by atoms with Crippen molar-refractivity contribution in [1.29, 1.82) is 0 Å². The Morgan fingerprint density at radius 2 is 2.00 bits per heavy atom. The average Bonchev–Trinajstić information content (AvgIpc) is 2.68. The summed E-state index contributed by atoms with van der Waals surface area (Å²) < 4.78 is 5.46. The van der Waals surface area contributed by atoms with Gasteiger partial charge in [0.25, 0.3) is 0 Å². The quantitative estimate of drug-likeness (QED) is 0.761. The molecule has 4 N–H and O–H groups in total. The molecule has 2 atom stereocenters. The normalized spacial score (nSPS) is 23.2. The van der Waals surface area contributed by atoms with Crippen molar-refractivity contribution in [3.05, 3.63) is 30.3 Å². The van der Waals surface area contributed by atoms with Crippen molar-refractivity contribution in [3.63, 3.8) is 0 Å². The van der Waals surface area contributed by atoms with Gasteiger partial charge in [0, 0.05) is 36.8 Å². The van der Waals surface area contributed by atoms with E-state index in [0.717, 1.165) is 55.8 Å². The number of aromatic nitrogens is 2. The highest BCUT2D eigenvalue weighted by molar-refractivity contribution is 5.66. The maximum absolute atomic E-state index is 9.85. The molecule has 2 heterocycles. The van der Waals surface area contributed by atoms with E-state index in [1.807, 2.05) is 18.2 Å². The number of ether oxygens (including phenoxy) is 1. The van der Waals surface area contributed by atoms with Gasteiger partial charge in [0.15, 0.2) is 0 Å². The van der Waals surface area contributed by atoms with Gasteiger partial charge in [0.1, 0.15) is 11.6 Å². The average molecular weight is 369 g/mol. The van der Waals surface area contributed by atoms with Crippen LogP contribution in [0.25, 0.3) is 11.3 Å². The van der Waals surface area contributed by atoms with E-state index in [1.54, 1.807) is 12.1 Å². The molecule has 0 spiro atoms. The first kappa shape index (κ1) is 18.0. The molecule has 2 aliphatic rings. The summed E-state index contributed by atoms with van der Waals surface area (Å²) in [5.74, 6) is 1.73. The van der Waals surface area contributed by atoms with Gasteiger partial charge in [-0.1, -0.05) is 12.1 Å². The SMILES string of the molecule is NC1CCCC(Nc2cc(-c3cccc(O)c3)nc(N3CCOCC3)n2)C1. The number of anilines is 2. The Kier molecular flexibility index (Phi) is 5.40. The van der Waals surface area contributed by atoms with Gasteiger partial charge in [0.2, 0.25) is 5.95 Å². The maximum atomic E-state index is 9.85. The second-order valence-corrected chi connectivity index (χ2v) is 7.36. The summed E-state index contributed by atoms with van der Waals surface area (Å²) in [6.07, 6.45) is 4.29. The summed E-state index contributed by atoms with van der Waals surface area (Å²) in [5.41, 5.74) is 7.81. The van der Waals surface area contributed by atoms with Crippen molar-refractivity contribution in [1.82, 2.24) is 9.97 Å². The Morgan fingerprint density at radius 1 is 1.15 bits per heavy atom. The van der Waals surface area contributed by atoms with Crippen molar-refractivity contribution < 1.29 is 9.84 Å². The van der Waals surface area contributed by atoms with Gasteiger partial charge in [-0.15, -0.1) is 0 Å². The van der Waals surface area contributed by atoms with Crippen molar-refractivity contribution in [3.8, 4) is 17.0 Å². The molecule has 1 saturated heterocycles. The zero-order valence-electron chi connectivity index (χ0n) is 15.5. The number of benzene rings is 1. The number of hydrogen-bond donors (Lipinski definition) is 3. The molecule has 7 nitrogen and oxygen atoms in total. The molecule has 7 heteroatoms. The number of rotatable bonds is 4. The molecule has 1 aliphatic carbocycles. The first-order valence-electron chi connectivity index (χ1n) is 9.71. The fourth-order valence-corrected chi connectivity index (χ4v) is 3.79. The minimum absolute atomic E-state index is 0.229. The molecule has 2 aromatic rings. The lowest BCUT2D eigenvalue weighted by atomic mass is 9.91. The number of phenols is 1. The third-order valence-electron chi connectivity index (χ3n) is 5.22. The van der Waals surface area contributed by atoms with E-state index in [1.165, 1.54) is 0 Å². The van der Waals surface area contributed by atoms with E-state index >= 15 is 0 Å². The van der Waals surface area contributed by atoms with Crippen LogP contribution in [0.3, 0.4) is 0 Å². The molecular weight excluding hydrogens is 342 g/mol. The molecule has 1 aromatic carbocycles. The van der Waals surface area contributed by atoms with E-state index in [-0.39, 0.29) is 11.8 Å². The van der Waals surface area contributed by atoms with Gasteiger partial charge >= 0.3 is 0 Å². The molecule has 1 saturated carbocycles. The number of hydrogen-bond acceptors (Lipinski definition) is 7. The standard InChI is InChI=1S/C20H27N5O2/c21-15-4-2-5-16(12-15)22-19-13-18(14-3-1-6-17(26)11-14)23-20(24-19)25-7-9-27-10-8-25/h1,3,6,11,13,15-16,26H,2,4-5,7-10,12,21H2,(H,22,23,24). The van der Waals surface area contributed by atoms with Crippen LogP contribution in [0.15, 0.2) is 30.3 Å². The number of nitrogens with zero attached hydrogens (tertiary/aromatic N) is 3. The van der Waals surface area contributed by atoms with Crippen molar-refractivity contribution in [2.75, 3.05) is 36.5 Å². The van der Waals surface area contributed by atoms with Crippen LogP contribution in [-0.2, 0) is 4.74 Å². The second kappa shape index (κ2) is 8.10. The fraction of sp³-hybridized carbons (Fsp3) is 0.500. The monoisotopic (exact) mass is 369 g/mol. The number of aromatic hydroxyl groups is 1. The Bertz CT molecular complexity index is 779. The van der Waals surface area contributed by atoms with Crippen LogP contribution < -0.4 is 16.0 Å². The Balaban J connectivity index is 1.65. The minimum atomic E-state index is 0.229. The largest absolute Gasteiger partial charge is 0.508 e. The highest BCUT2D eigenvalue weighted by Gasteiger charge is 2.21. The van der Waals surface area contributed by atoms with Crippen molar-refractivity contribution in [2.45, 2.75) is 37.8 Å². The molecule has 2 fully saturated rings. The molecule has 0 amide bonds. The predicted molar refractivity (Wildman–Crippen MR) is 106 cm³/mol. The van der Waals surface area contributed by atoms with E-state index in [2.05, 4.69) is 10.2 Å². The lowest BCUT2D eigenvalue weighted by Gasteiger charge is -2.30. The molecule has 1 aliphatic heterocycles. The second-order valence-electron chi connectivity index (χ2n) is 7.36. The summed E-state index contributed by atoms with van der Waals surface area (Å²) in [7, 11) is 0. The van der Waals surface area contributed by atoms with E-state index < -0.39 is 0 Å². The van der Waals surface area contributed by atoms with Crippen LogP contribution >= 0.6 is 0 Å². The summed E-state index contributed by atoms with van der Waals surface area (Å²) in [6.45, 7) is 2.91. The number of nitrogens with one attached hydrogen (secondary N) is 1. The Labute approximate surface area is 159 Å². The summed E-state index contributed by atoms with van der Waals surface area (Å²) in [6, 6.07) is 9.71. The van der Waals surface area contributed by atoms with Gasteiger partial charge in [-0.2, -0.15) is 4.98 Å². The van der Waals surface area contributed by atoms with Crippen LogP contribution in [-0.4, -0.2) is 53.5 Å². The van der Waals surface area contributed by atoms with Crippen LogP contribution in [0.2, 0.25) is 0 Å². The van der Waals surface area contributed by atoms with E-state index in [4.69, 9.17) is 20.4 Å². The summed E-state index contributed by atoms with van der Waals surface area (Å²) in [5, 5.41) is 13.4. The van der Waals surface area contributed by atoms with Gasteiger partial charge in [-0.25, -0.2) is 4.98 Å². The molecule has 2 unspecified atom stereocenters. The van der Waals surface area contributed by atoms with E-state index in [9.17, 15) is 5.11 Å². The number of morpholine rings is 1. The van der Waals surface area contributed by atoms with Crippen LogP contribution in [0, 0.1) is 0 Å². The molecule has 144 valence electrons. The fourth-order valence-electron chi connectivity index (χ4n) is 3.79. The van der Waals surface area contributed by atoms with Crippen LogP contribution in [0.4, 0.5) is 11.8 Å².